The van der Waals surface area contributed by atoms with Crippen molar-refractivity contribution in [1.82, 2.24) is 0 Å². The standard InChI is InChI=1S/C20H21Cl2N3O6/c1-10(26)16(24-25-17-14(29-3)8-6-11(21)18(17)30-4)20(27)23-12-7-9-13(28-2)15(22)19(12)31-5/h6-9,16H,1-5H3,(H,23,27). The first-order chi connectivity index (χ1) is 14.8. The monoisotopic (exact) mass is 469 g/mol. The van der Waals surface area contributed by atoms with E-state index < -0.39 is 17.7 Å². The molecule has 0 aliphatic carbocycles. The molecule has 1 amide bonds. The van der Waals surface area contributed by atoms with Gasteiger partial charge < -0.3 is 24.3 Å². The van der Waals surface area contributed by atoms with E-state index in [-0.39, 0.29) is 32.9 Å². The molecule has 0 spiro atoms. The Kier molecular flexibility index (Phi) is 8.47. The second kappa shape index (κ2) is 10.8. The Morgan fingerprint density at radius 1 is 0.903 bits per heavy atom. The molecule has 2 aromatic rings. The van der Waals surface area contributed by atoms with Crippen LogP contribution < -0.4 is 24.3 Å². The van der Waals surface area contributed by atoms with Crippen LogP contribution in [0.3, 0.4) is 0 Å². The van der Waals surface area contributed by atoms with Crippen LogP contribution in [-0.2, 0) is 9.59 Å². The molecule has 1 N–H and O–H groups in total. The number of methoxy groups -OCH3 is 4. The first kappa shape index (κ1) is 24.2. The van der Waals surface area contributed by atoms with E-state index in [1.54, 1.807) is 18.2 Å². The molecule has 0 saturated heterocycles. The average molecular weight is 470 g/mol. The fourth-order valence-electron chi connectivity index (χ4n) is 2.61. The molecular weight excluding hydrogens is 449 g/mol. The number of carbonyl (C=O) groups is 2. The van der Waals surface area contributed by atoms with Crippen molar-refractivity contribution < 1.29 is 28.5 Å². The van der Waals surface area contributed by atoms with Gasteiger partial charge in [0.05, 0.1) is 39.1 Å². The summed E-state index contributed by atoms with van der Waals surface area (Å²) >= 11 is 12.3. The Morgan fingerprint density at radius 3 is 2.06 bits per heavy atom. The summed E-state index contributed by atoms with van der Waals surface area (Å²) in [5, 5.41) is 10.9. The van der Waals surface area contributed by atoms with E-state index in [1.165, 1.54) is 41.4 Å². The number of anilines is 1. The largest absolute Gasteiger partial charge is 0.495 e. The molecule has 0 aromatic heterocycles. The van der Waals surface area contributed by atoms with Crippen LogP contribution in [0.1, 0.15) is 6.92 Å². The van der Waals surface area contributed by atoms with Crippen LogP contribution in [-0.4, -0.2) is 46.2 Å². The molecule has 2 aromatic carbocycles. The number of rotatable bonds is 9. The minimum absolute atomic E-state index is 0.140. The van der Waals surface area contributed by atoms with Crippen LogP contribution in [0, 0.1) is 0 Å². The minimum Gasteiger partial charge on any atom is -0.495 e. The molecule has 1 unspecified atom stereocenters. The predicted octanol–water partition coefficient (Wildman–Crippen LogP) is 4.71. The number of benzene rings is 2. The fourth-order valence-corrected chi connectivity index (χ4v) is 3.16. The first-order valence-corrected chi connectivity index (χ1v) is 9.57. The molecule has 0 saturated carbocycles. The SMILES string of the molecule is COc1ccc(NC(=O)C(N=Nc2c(OC)ccc(Cl)c2OC)C(C)=O)c(OC)c1Cl. The van der Waals surface area contributed by atoms with Crippen LogP contribution in [0.25, 0.3) is 0 Å². The van der Waals surface area contributed by atoms with Crippen LogP contribution in [0.2, 0.25) is 10.0 Å². The lowest BCUT2D eigenvalue weighted by Crippen LogP contribution is -2.32. The van der Waals surface area contributed by atoms with Crippen molar-refractivity contribution in [3.8, 4) is 23.0 Å². The predicted molar refractivity (Wildman–Crippen MR) is 117 cm³/mol. The van der Waals surface area contributed by atoms with Crippen LogP contribution >= 0.6 is 23.2 Å². The summed E-state index contributed by atoms with van der Waals surface area (Å²) in [5.41, 5.74) is 0.374. The highest BCUT2D eigenvalue weighted by Crippen LogP contribution is 2.43. The number of azo groups is 1. The molecule has 0 bridgehead atoms. The van der Waals surface area contributed by atoms with Gasteiger partial charge in [-0.15, -0.1) is 5.11 Å². The summed E-state index contributed by atoms with van der Waals surface area (Å²) in [5.74, 6) is -0.255. The summed E-state index contributed by atoms with van der Waals surface area (Å²) < 4.78 is 20.9. The average Bonchev–Trinajstić information content (AvgIpc) is 2.74. The smallest absolute Gasteiger partial charge is 0.258 e. The number of nitrogens with one attached hydrogen (secondary N) is 1. The molecule has 0 aliphatic rings. The second-order valence-electron chi connectivity index (χ2n) is 6.01. The number of halogens is 2. The lowest BCUT2D eigenvalue weighted by molar-refractivity contribution is -0.126. The van der Waals surface area contributed by atoms with Crippen molar-refractivity contribution in [2.75, 3.05) is 33.8 Å². The van der Waals surface area contributed by atoms with Crippen molar-refractivity contribution in [2.45, 2.75) is 13.0 Å². The number of carbonyl (C=O) groups excluding carboxylic acids is 2. The molecule has 166 valence electrons. The number of nitrogens with zero attached hydrogens (tertiary/aromatic N) is 2. The van der Waals surface area contributed by atoms with E-state index >= 15 is 0 Å². The molecule has 2 rings (SSSR count). The highest BCUT2D eigenvalue weighted by Gasteiger charge is 2.26. The van der Waals surface area contributed by atoms with E-state index in [0.29, 0.717) is 11.5 Å². The zero-order valence-corrected chi connectivity index (χ0v) is 19.0. The summed E-state index contributed by atoms with van der Waals surface area (Å²) in [6.07, 6.45) is 0. The second-order valence-corrected chi connectivity index (χ2v) is 6.80. The Morgan fingerprint density at radius 2 is 1.52 bits per heavy atom. The van der Waals surface area contributed by atoms with Gasteiger partial charge in [-0.25, -0.2) is 0 Å². The zero-order chi connectivity index (χ0) is 23.1. The van der Waals surface area contributed by atoms with Gasteiger partial charge in [-0.2, -0.15) is 5.11 Å². The Labute approximate surface area is 189 Å². The molecule has 31 heavy (non-hydrogen) atoms. The maximum absolute atomic E-state index is 12.8. The van der Waals surface area contributed by atoms with Gasteiger partial charge in [0.25, 0.3) is 5.91 Å². The molecular formula is C20H21Cl2N3O6. The van der Waals surface area contributed by atoms with Gasteiger partial charge in [0.1, 0.15) is 16.5 Å². The van der Waals surface area contributed by atoms with E-state index in [4.69, 9.17) is 42.1 Å². The van der Waals surface area contributed by atoms with Gasteiger partial charge in [0.2, 0.25) is 6.04 Å². The highest BCUT2D eigenvalue weighted by atomic mass is 35.5. The number of hydrogen-bond acceptors (Lipinski definition) is 8. The third-order valence-electron chi connectivity index (χ3n) is 4.12. The third kappa shape index (κ3) is 5.36. The fraction of sp³-hybridized carbons (Fsp3) is 0.300. The van der Waals surface area contributed by atoms with Crippen molar-refractivity contribution in [1.29, 1.82) is 0 Å². The molecule has 0 radical (unpaired) electrons. The number of Topliss-reactive ketones (excluding diaryl/α,β-unsaturated/α-hetero) is 1. The van der Waals surface area contributed by atoms with Gasteiger partial charge in [-0.05, 0) is 31.2 Å². The number of ether oxygens (including phenoxy) is 4. The van der Waals surface area contributed by atoms with Gasteiger partial charge in [0, 0.05) is 0 Å². The lowest BCUT2D eigenvalue weighted by atomic mass is 10.2. The Balaban J connectivity index is 2.39. The number of hydrogen-bond donors (Lipinski definition) is 1. The molecule has 1 atom stereocenters. The lowest BCUT2D eigenvalue weighted by Gasteiger charge is -2.15. The molecule has 0 heterocycles. The zero-order valence-electron chi connectivity index (χ0n) is 17.5. The maximum atomic E-state index is 12.8. The first-order valence-electron chi connectivity index (χ1n) is 8.82. The number of ketones is 1. The van der Waals surface area contributed by atoms with Crippen LogP contribution in [0.5, 0.6) is 23.0 Å². The summed E-state index contributed by atoms with van der Waals surface area (Å²) in [7, 11) is 5.66. The van der Waals surface area contributed by atoms with Crippen molar-refractivity contribution in [2.24, 2.45) is 10.2 Å². The molecule has 0 fully saturated rings. The molecule has 9 nitrogen and oxygen atoms in total. The maximum Gasteiger partial charge on any atom is 0.258 e. The van der Waals surface area contributed by atoms with E-state index in [2.05, 4.69) is 15.5 Å². The van der Waals surface area contributed by atoms with Crippen molar-refractivity contribution >= 4 is 46.3 Å². The molecule has 0 aliphatic heterocycles. The van der Waals surface area contributed by atoms with Gasteiger partial charge in [-0.1, -0.05) is 23.2 Å². The normalized spacial score (nSPS) is 11.7. The quantitative estimate of drug-likeness (QED) is 0.420. The van der Waals surface area contributed by atoms with E-state index in [0.717, 1.165) is 0 Å². The van der Waals surface area contributed by atoms with Crippen LogP contribution in [0.15, 0.2) is 34.5 Å². The van der Waals surface area contributed by atoms with E-state index in [1.807, 2.05) is 0 Å². The Bertz CT molecular complexity index is 1010. The van der Waals surface area contributed by atoms with Gasteiger partial charge in [0.15, 0.2) is 23.0 Å². The third-order valence-corrected chi connectivity index (χ3v) is 4.78. The number of amides is 1. The van der Waals surface area contributed by atoms with E-state index in [9.17, 15) is 9.59 Å². The van der Waals surface area contributed by atoms with Crippen molar-refractivity contribution in [3.63, 3.8) is 0 Å². The molecule has 11 heteroatoms. The van der Waals surface area contributed by atoms with Crippen LogP contribution in [0.4, 0.5) is 11.4 Å². The van der Waals surface area contributed by atoms with Gasteiger partial charge >= 0.3 is 0 Å². The highest BCUT2D eigenvalue weighted by molar-refractivity contribution is 6.34. The van der Waals surface area contributed by atoms with Gasteiger partial charge in [-0.3, -0.25) is 9.59 Å². The minimum atomic E-state index is -1.46. The summed E-state index contributed by atoms with van der Waals surface area (Å²) in [4.78, 5) is 24.9. The summed E-state index contributed by atoms with van der Waals surface area (Å²) in [6, 6.07) is 4.74. The Hall–Kier alpha value is -3.04. The topological polar surface area (TPSA) is 108 Å². The summed E-state index contributed by atoms with van der Waals surface area (Å²) in [6.45, 7) is 1.22. The van der Waals surface area contributed by atoms with Crippen molar-refractivity contribution in [3.05, 3.63) is 34.3 Å².